The zero-order valence-electron chi connectivity index (χ0n) is 21.3. The molecule has 2 aliphatic rings. The van der Waals surface area contributed by atoms with Gasteiger partial charge < -0.3 is 15.5 Å². The monoisotopic (exact) mass is 504 g/mol. The summed E-state index contributed by atoms with van der Waals surface area (Å²) < 4.78 is 0. The first-order valence-corrected chi connectivity index (χ1v) is 12.8. The fourth-order valence-electron chi connectivity index (χ4n) is 5.55. The second kappa shape index (κ2) is 9.43. The molecule has 190 valence electrons. The smallest absolute Gasteiger partial charge is 0.264 e. The highest BCUT2D eigenvalue weighted by Crippen LogP contribution is 2.45. The van der Waals surface area contributed by atoms with E-state index in [1.54, 1.807) is 16.8 Å². The number of hydrogen-bond acceptors (Lipinski definition) is 4. The van der Waals surface area contributed by atoms with E-state index in [2.05, 4.69) is 34.9 Å². The van der Waals surface area contributed by atoms with Crippen molar-refractivity contribution in [1.82, 2.24) is 10.6 Å². The first-order valence-electron chi connectivity index (χ1n) is 12.8. The Labute approximate surface area is 221 Å². The number of benzene rings is 4. The topological polar surface area (TPSA) is 81.8 Å². The molecule has 0 saturated heterocycles. The van der Waals surface area contributed by atoms with Gasteiger partial charge in [0.1, 0.15) is 0 Å². The maximum atomic E-state index is 14.2. The quantitative estimate of drug-likeness (QED) is 0.392. The van der Waals surface area contributed by atoms with Crippen molar-refractivity contribution in [3.05, 3.63) is 90.5 Å². The van der Waals surface area contributed by atoms with E-state index in [0.717, 1.165) is 27.5 Å². The number of nitrogens with one attached hydrogen (secondary N) is 2. The Morgan fingerprint density at radius 1 is 0.921 bits per heavy atom. The Morgan fingerprint density at radius 3 is 2.45 bits per heavy atom. The third kappa shape index (κ3) is 3.74. The lowest BCUT2D eigenvalue weighted by molar-refractivity contribution is -0.134. The van der Waals surface area contributed by atoms with Crippen LogP contribution in [0.4, 0.5) is 17.1 Å². The van der Waals surface area contributed by atoms with Gasteiger partial charge in [-0.25, -0.2) is 0 Å². The van der Waals surface area contributed by atoms with E-state index in [1.165, 1.54) is 0 Å². The molecular formula is C31H28N4O3. The summed E-state index contributed by atoms with van der Waals surface area (Å²) in [5.74, 6) is -1.33. The fraction of sp³-hybridized carbons (Fsp3) is 0.194. The lowest BCUT2D eigenvalue weighted by Crippen LogP contribution is -2.57. The van der Waals surface area contributed by atoms with Crippen molar-refractivity contribution >= 4 is 45.6 Å². The van der Waals surface area contributed by atoms with Crippen molar-refractivity contribution < 1.29 is 14.4 Å². The SMILES string of the molecule is CC[C@H](NC)C(=O)NC1C(=O)N2Cc3c(ccc4ccccc34)-c3ccc(c2c3)N(c2ccccc2)C1=O. The average Bonchev–Trinajstić information content (AvgIpc) is 3.12. The van der Waals surface area contributed by atoms with Crippen molar-refractivity contribution in [3.8, 4) is 11.1 Å². The van der Waals surface area contributed by atoms with E-state index >= 15 is 0 Å². The summed E-state index contributed by atoms with van der Waals surface area (Å²) in [6, 6.07) is 25.5. The number of rotatable bonds is 5. The van der Waals surface area contributed by atoms with Gasteiger partial charge in [0.2, 0.25) is 5.91 Å². The molecule has 0 aromatic heterocycles. The Morgan fingerprint density at radius 2 is 1.68 bits per heavy atom. The van der Waals surface area contributed by atoms with Gasteiger partial charge in [-0.15, -0.1) is 0 Å². The zero-order chi connectivity index (χ0) is 26.4. The van der Waals surface area contributed by atoms with E-state index in [9.17, 15) is 14.4 Å². The molecule has 1 unspecified atom stereocenters. The highest BCUT2D eigenvalue weighted by Gasteiger charge is 2.43. The summed E-state index contributed by atoms with van der Waals surface area (Å²) in [4.78, 5) is 44.7. The Hall–Kier alpha value is -4.49. The molecule has 0 aliphatic carbocycles. The van der Waals surface area contributed by atoms with E-state index < -0.39 is 23.9 Å². The van der Waals surface area contributed by atoms with Crippen molar-refractivity contribution in [3.63, 3.8) is 0 Å². The zero-order valence-corrected chi connectivity index (χ0v) is 21.3. The van der Waals surface area contributed by atoms with Crippen LogP contribution in [0.25, 0.3) is 21.9 Å². The molecule has 2 bridgehead atoms. The van der Waals surface area contributed by atoms with Gasteiger partial charge in [0.15, 0.2) is 6.04 Å². The lowest BCUT2D eigenvalue weighted by atomic mass is 9.94. The third-order valence-electron chi connectivity index (χ3n) is 7.53. The Balaban J connectivity index is 1.55. The maximum absolute atomic E-state index is 14.2. The minimum Gasteiger partial charge on any atom is -0.335 e. The predicted octanol–water partition coefficient (Wildman–Crippen LogP) is 4.51. The number of fused-ring (bicyclic) bond motifs is 5. The normalized spacial score (nSPS) is 17.1. The van der Waals surface area contributed by atoms with Gasteiger partial charge in [-0.2, -0.15) is 0 Å². The van der Waals surface area contributed by atoms with Crippen LogP contribution >= 0.6 is 0 Å². The van der Waals surface area contributed by atoms with Crippen LogP contribution in [-0.4, -0.2) is 36.9 Å². The van der Waals surface area contributed by atoms with Gasteiger partial charge in [0.25, 0.3) is 11.8 Å². The van der Waals surface area contributed by atoms with Crippen molar-refractivity contribution in [2.45, 2.75) is 32.0 Å². The molecule has 38 heavy (non-hydrogen) atoms. The molecule has 2 heterocycles. The first kappa shape index (κ1) is 23.9. The number of carbonyl (C=O) groups excluding carboxylic acids is 3. The molecule has 0 spiro atoms. The molecule has 2 aliphatic heterocycles. The molecule has 4 aromatic carbocycles. The fourth-order valence-corrected chi connectivity index (χ4v) is 5.55. The van der Waals surface area contributed by atoms with Gasteiger partial charge in [-0.1, -0.05) is 67.6 Å². The number of anilines is 3. The Bertz CT molecular complexity index is 1580. The number of likely N-dealkylation sites (N-methyl/N-ethyl adjacent to an activating group) is 1. The lowest BCUT2D eigenvalue weighted by Gasteiger charge is -2.26. The number of para-hydroxylation sites is 1. The van der Waals surface area contributed by atoms with Gasteiger partial charge in [-0.3, -0.25) is 19.3 Å². The second-order valence-electron chi connectivity index (χ2n) is 9.64. The van der Waals surface area contributed by atoms with Gasteiger partial charge in [0.05, 0.1) is 24.0 Å². The minimum atomic E-state index is -1.38. The van der Waals surface area contributed by atoms with Crippen LogP contribution < -0.4 is 20.4 Å². The minimum absolute atomic E-state index is 0.279. The van der Waals surface area contributed by atoms with Crippen LogP contribution in [0.1, 0.15) is 18.9 Å². The van der Waals surface area contributed by atoms with Crippen molar-refractivity contribution in [2.24, 2.45) is 0 Å². The molecule has 6 rings (SSSR count). The summed E-state index contributed by atoms with van der Waals surface area (Å²) in [6.45, 7) is 2.16. The summed E-state index contributed by atoms with van der Waals surface area (Å²) >= 11 is 0. The number of hydrogen-bond donors (Lipinski definition) is 2. The van der Waals surface area contributed by atoms with Gasteiger partial charge >= 0.3 is 0 Å². The van der Waals surface area contributed by atoms with E-state index in [-0.39, 0.29) is 12.5 Å². The van der Waals surface area contributed by atoms with Crippen LogP contribution in [0.3, 0.4) is 0 Å². The molecule has 2 atom stereocenters. The molecule has 0 radical (unpaired) electrons. The van der Waals surface area contributed by atoms with Gasteiger partial charge in [0, 0.05) is 5.69 Å². The molecule has 4 aromatic rings. The molecule has 7 nitrogen and oxygen atoms in total. The number of amides is 3. The van der Waals surface area contributed by atoms with Crippen LogP contribution in [0, 0.1) is 0 Å². The highest BCUT2D eigenvalue weighted by atomic mass is 16.2. The van der Waals surface area contributed by atoms with E-state index in [0.29, 0.717) is 23.5 Å². The second-order valence-corrected chi connectivity index (χ2v) is 9.64. The largest absolute Gasteiger partial charge is 0.335 e. The summed E-state index contributed by atoms with van der Waals surface area (Å²) in [5.41, 5.74) is 4.91. The number of nitrogens with zero attached hydrogens (tertiary/aromatic N) is 2. The molecule has 3 amide bonds. The number of carbonyl (C=O) groups is 3. The van der Waals surface area contributed by atoms with Gasteiger partial charge in [-0.05, 0) is 65.2 Å². The molecule has 7 heteroatoms. The summed E-state index contributed by atoms with van der Waals surface area (Å²) in [6.07, 6.45) is 0.520. The standard InChI is InChI=1S/C31H28N4O3/c1-3-25(32-2)29(36)33-28-30(37)34-18-24-22-12-8-7-9-19(22)13-15-23(24)20-14-16-26(27(34)17-20)35(31(28)38)21-10-5-4-6-11-21/h4-17,25,28,32H,3,18H2,1-2H3,(H,33,36)/t25-,28?/m0/s1. The van der Waals surface area contributed by atoms with Crippen molar-refractivity contribution in [2.75, 3.05) is 16.8 Å². The molecular weight excluding hydrogens is 476 g/mol. The summed E-state index contributed by atoms with van der Waals surface area (Å²) in [7, 11) is 1.69. The van der Waals surface area contributed by atoms with E-state index in [4.69, 9.17) is 0 Å². The van der Waals surface area contributed by atoms with Crippen molar-refractivity contribution in [1.29, 1.82) is 0 Å². The molecule has 0 fully saturated rings. The molecule has 0 saturated carbocycles. The first-order chi connectivity index (χ1) is 18.5. The van der Waals surface area contributed by atoms with Crippen LogP contribution in [0.15, 0.2) is 84.9 Å². The highest BCUT2D eigenvalue weighted by molar-refractivity contribution is 6.24. The van der Waals surface area contributed by atoms with E-state index in [1.807, 2.05) is 67.6 Å². The third-order valence-corrected chi connectivity index (χ3v) is 7.53. The van der Waals surface area contributed by atoms with Crippen LogP contribution in [0.5, 0.6) is 0 Å². The summed E-state index contributed by atoms with van der Waals surface area (Å²) in [5, 5.41) is 7.87. The molecule has 2 N–H and O–H groups in total. The maximum Gasteiger partial charge on any atom is 0.264 e. The Kier molecular flexibility index (Phi) is 5.93. The van der Waals surface area contributed by atoms with Crippen LogP contribution in [-0.2, 0) is 20.9 Å². The predicted molar refractivity (Wildman–Crippen MR) is 149 cm³/mol. The average molecular weight is 505 g/mol. The van der Waals surface area contributed by atoms with Crippen LogP contribution in [0.2, 0.25) is 0 Å².